The van der Waals surface area contributed by atoms with E-state index < -0.39 is 5.91 Å². The maximum atomic E-state index is 12.4. The number of hydrogen-bond donors (Lipinski definition) is 2. The summed E-state index contributed by atoms with van der Waals surface area (Å²) in [4.78, 5) is 14.8. The molecule has 7 heteroatoms. The van der Waals surface area contributed by atoms with E-state index in [2.05, 4.69) is 28.5 Å². The molecule has 0 aliphatic carbocycles. The lowest BCUT2D eigenvalue weighted by molar-refractivity contribution is 0.0978. The molecule has 2 aromatic rings. The summed E-state index contributed by atoms with van der Waals surface area (Å²) in [6.45, 7) is 4.31. The Balaban J connectivity index is 1.69. The Morgan fingerprint density at radius 1 is 1.15 bits per heavy atom. The fourth-order valence-electron chi connectivity index (χ4n) is 3.10. The monoisotopic (exact) mass is 421 g/mol. The standard InChI is InChI=1S/C20H21Cl2N3OS/c1-13-8-10-25(11-9-13)18-5-3-2-4-17(18)23-20(27)24-19(26)15-12-14(21)6-7-16(15)22/h2-7,12-13H,8-11H2,1H3,(H2,23,24,26,27). The topological polar surface area (TPSA) is 44.4 Å². The zero-order valence-corrected chi connectivity index (χ0v) is 17.3. The summed E-state index contributed by atoms with van der Waals surface area (Å²) in [7, 11) is 0. The number of carbonyl (C=O) groups excluding carboxylic acids is 1. The van der Waals surface area contributed by atoms with E-state index in [9.17, 15) is 4.79 Å². The molecule has 0 atom stereocenters. The normalized spacial score (nSPS) is 14.7. The molecule has 1 aliphatic heterocycles. The van der Waals surface area contributed by atoms with Gasteiger partial charge in [0.25, 0.3) is 5.91 Å². The van der Waals surface area contributed by atoms with Crippen molar-refractivity contribution in [2.75, 3.05) is 23.3 Å². The molecule has 1 saturated heterocycles. The Bertz CT molecular complexity index is 851. The number of anilines is 2. The van der Waals surface area contributed by atoms with Gasteiger partial charge in [-0.05, 0) is 61.3 Å². The number of amides is 1. The third-order valence-corrected chi connectivity index (χ3v) is 5.45. The summed E-state index contributed by atoms with van der Waals surface area (Å²) in [5, 5.41) is 6.78. The first-order valence-corrected chi connectivity index (χ1v) is 10.0. The molecule has 1 heterocycles. The minimum atomic E-state index is -0.399. The lowest BCUT2D eigenvalue weighted by atomic mass is 9.98. The molecule has 1 amide bonds. The van der Waals surface area contributed by atoms with Crippen LogP contribution in [0.4, 0.5) is 11.4 Å². The Kier molecular flexibility index (Phi) is 6.58. The third-order valence-electron chi connectivity index (χ3n) is 4.68. The zero-order valence-electron chi connectivity index (χ0n) is 15.0. The van der Waals surface area contributed by atoms with Crippen molar-refractivity contribution in [3.63, 3.8) is 0 Å². The molecular formula is C20H21Cl2N3OS. The summed E-state index contributed by atoms with van der Waals surface area (Å²) >= 11 is 17.4. The number of carbonyl (C=O) groups is 1. The minimum Gasteiger partial charge on any atom is -0.370 e. The lowest BCUT2D eigenvalue weighted by Crippen LogP contribution is -2.36. The van der Waals surface area contributed by atoms with Crippen molar-refractivity contribution < 1.29 is 4.79 Å². The fourth-order valence-corrected chi connectivity index (χ4v) is 3.68. The van der Waals surface area contributed by atoms with Gasteiger partial charge < -0.3 is 10.2 Å². The number of nitrogens with one attached hydrogen (secondary N) is 2. The van der Waals surface area contributed by atoms with Gasteiger partial charge in [-0.3, -0.25) is 10.1 Å². The smallest absolute Gasteiger partial charge is 0.258 e. The van der Waals surface area contributed by atoms with Crippen molar-refractivity contribution in [2.24, 2.45) is 5.92 Å². The Morgan fingerprint density at radius 2 is 1.85 bits per heavy atom. The van der Waals surface area contributed by atoms with Gasteiger partial charge in [-0.25, -0.2) is 0 Å². The van der Waals surface area contributed by atoms with Crippen LogP contribution >= 0.6 is 35.4 Å². The SMILES string of the molecule is CC1CCN(c2ccccc2NC(=S)NC(=O)c2cc(Cl)ccc2Cl)CC1. The molecule has 0 bridgehead atoms. The van der Waals surface area contributed by atoms with E-state index in [-0.39, 0.29) is 10.7 Å². The molecular weight excluding hydrogens is 401 g/mol. The Hall–Kier alpha value is -1.82. The van der Waals surface area contributed by atoms with Crippen LogP contribution in [0.3, 0.4) is 0 Å². The van der Waals surface area contributed by atoms with E-state index in [0.29, 0.717) is 10.0 Å². The van der Waals surface area contributed by atoms with Gasteiger partial charge >= 0.3 is 0 Å². The highest BCUT2D eigenvalue weighted by Crippen LogP contribution is 2.29. The molecule has 0 radical (unpaired) electrons. The highest BCUT2D eigenvalue weighted by molar-refractivity contribution is 7.80. The highest BCUT2D eigenvalue weighted by atomic mass is 35.5. The van der Waals surface area contributed by atoms with Crippen LogP contribution < -0.4 is 15.5 Å². The second-order valence-corrected chi connectivity index (χ2v) is 7.97. The number of rotatable bonds is 3. The predicted molar refractivity (Wildman–Crippen MR) is 117 cm³/mol. The Morgan fingerprint density at radius 3 is 2.59 bits per heavy atom. The zero-order chi connectivity index (χ0) is 19.4. The second kappa shape index (κ2) is 8.91. The summed E-state index contributed by atoms with van der Waals surface area (Å²) < 4.78 is 0. The number of piperidine rings is 1. The first kappa shape index (κ1) is 19.9. The van der Waals surface area contributed by atoms with Gasteiger partial charge in [-0.15, -0.1) is 0 Å². The van der Waals surface area contributed by atoms with Crippen LogP contribution in [-0.2, 0) is 0 Å². The number of halogens is 2. The predicted octanol–water partition coefficient (Wildman–Crippen LogP) is 5.36. The quantitative estimate of drug-likeness (QED) is 0.654. The molecule has 0 aromatic heterocycles. The van der Waals surface area contributed by atoms with E-state index in [0.717, 1.165) is 30.4 Å². The molecule has 27 heavy (non-hydrogen) atoms. The average Bonchev–Trinajstić information content (AvgIpc) is 2.65. The molecule has 142 valence electrons. The van der Waals surface area contributed by atoms with Gasteiger partial charge in [0.2, 0.25) is 0 Å². The fraction of sp³-hybridized carbons (Fsp3) is 0.300. The summed E-state index contributed by atoms with van der Waals surface area (Å²) in [6.07, 6.45) is 2.34. The van der Waals surface area contributed by atoms with Crippen LogP contribution in [-0.4, -0.2) is 24.1 Å². The van der Waals surface area contributed by atoms with Crippen LogP contribution in [0, 0.1) is 5.92 Å². The van der Waals surface area contributed by atoms with Crippen LogP contribution in [0.1, 0.15) is 30.1 Å². The van der Waals surface area contributed by atoms with E-state index >= 15 is 0 Å². The van der Waals surface area contributed by atoms with Gasteiger partial charge in [0.1, 0.15) is 0 Å². The largest absolute Gasteiger partial charge is 0.370 e. The van der Waals surface area contributed by atoms with E-state index in [4.69, 9.17) is 35.4 Å². The molecule has 1 aliphatic rings. The van der Waals surface area contributed by atoms with Gasteiger partial charge in [-0.1, -0.05) is 42.3 Å². The van der Waals surface area contributed by atoms with Crippen LogP contribution in [0.5, 0.6) is 0 Å². The van der Waals surface area contributed by atoms with Crippen molar-refractivity contribution in [1.82, 2.24) is 5.32 Å². The maximum Gasteiger partial charge on any atom is 0.258 e. The van der Waals surface area contributed by atoms with Crippen LogP contribution in [0.2, 0.25) is 10.0 Å². The number of thiocarbonyl (C=S) groups is 1. The number of nitrogens with zero attached hydrogens (tertiary/aromatic N) is 1. The molecule has 2 N–H and O–H groups in total. The lowest BCUT2D eigenvalue weighted by Gasteiger charge is -2.33. The summed E-state index contributed by atoms with van der Waals surface area (Å²) in [5.41, 5.74) is 2.24. The number of benzene rings is 2. The second-order valence-electron chi connectivity index (χ2n) is 6.72. The van der Waals surface area contributed by atoms with E-state index in [1.165, 1.54) is 18.9 Å². The van der Waals surface area contributed by atoms with E-state index in [1.54, 1.807) is 12.1 Å². The summed E-state index contributed by atoms with van der Waals surface area (Å²) in [6, 6.07) is 12.7. The minimum absolute atomic E-state index is 0.217. The van der Waals surface area contributed by atoms with Crippen molar-refractivity contribution in [3.05, 3.63) is 58.1 Å². The maximum absolute atomic E-state index is 12.4. The van der Waals surface area contributed by atoms with Crippen molar-refractivity contribution in [1.29, 1.82) is 0 Å². The van der Waals surface area contributed by atoms with Crippen LogP contribution in [0.15, 0.2) is 42.5 Å². The third kappa shape index (κ3) is 5.12. The molecule has 0 spiro atoms. The Labute approximate surface area is 174 Å². The molecule has 0 unspecified atom stereocenters. The van der Waals surface area contributed by atoms with Gasteiger partial charge in [0, 0.05) is 18.1 Å². The van der Waals surface area contributed by atoms with Gasteiger partial charge in [0.05, 0.1) is 22.0 Å². The van der Waals surface area contributed by atoms with Gasteiger partial charge in [0.15, 0.2) is 5.11 Å². The average molecular weight is 422 g/mol. The molecule has 0 saturated carbocycles. The van der Waals surface area contributed by atoms with Crippen LogP contribution in [0.25, 0.3) is 0 Å². The van der Waals surface area contributed by atoms with Crippen molar-refractivity contribution >= 4 is 57.8 Å². The first-order chi connectivity index (χ1) is 12.9. The van der Waals surface area contributed by atoms with Crippen molar-refractivity contribution in [2.45, 2.75) is 19.8 Å². The van der Waals surface area contributed by atoms with E-state index in [1.807, 2.05) is 18.2 Å². The number of para-hydroxylation sites is 2. The van der Waals surface area contributed by atoms with Gasteiger partial charge in [-0.2, -0.15) is 0 Å². The molecule has 3 rings (SSSR count). The molecule has 2 aromatic carbocycles. The van der Waals surface area contributed by atoms with Crippen molar-refractivity contribution in [3.8, 4) is 0 Å². The highest BCUT2D eigenvalue weighted by Gasteiger charge is 2.19. The molecule has 4 nitrogen and oxygen atoms in total. The molecule has 1 fully saturated rings. The summed E-state index contributed by atoms with van der Waals surface area (Å²) in [5.74, 6) is 0.355. The first-order valence-electron chi connectivity index (χ1n) is 8.85. The number of hydrogen-bond acceptors (Lipinski definition) is 3.